The number of hydrogen-bond donors (Lipinski definition) is 1. The van der Waals surface area contributed by atoms with Gasteiger partial charge in [-0.15, -0.1) is 0 Å². The Morgan fingerprint density at radius 2 is 1.43 bits per heavy atom. The molecule has 0 aliphatic heterocycles. The molecule has 0 aliphatic carbocycles. The molecule has 2 atom stereocenters. The molecule has 0 bridgehead atoms. The van der Waals surface area contributed by atoms with Crippen molar-refractivity contribution in [2.75, 3.05) is 0 Å². The van der Waals surface area contributed by atoms with E-state index in [0.717, 1.165) is 4.82 Å². The van der Waals surface area contributed by atoms with E-state index in [4.69, 9.17) is 0 Å². The summed E-state index contributed by atoms with van der Waals surface area (Å²) in [7, 11) is 0. The SMILES string of the molecule is CCC(C)[Se]c1ccccc1[Se]C(c1ccccc1)C(C)(C)O. The first-order valence-electron chi connectivity index (χ1n) is 8.11. The van der Waals surface area contributed by atoms with Crippen LogP contribution >= 0.6 is 0 Å². The van der Waals surface area contributed by atoms with Crippen molar-refractivity contribution in [2.45, 2.75) is 49.3 Å². The first-order chi connectivity index (χ1) is 10.9. The van der Waals surface area contributed by atoms with E-state index in [1.165, 1.54) is 20.9 Å². The van der Waals surface area contributed by atoms with E-state index in [-0.39, 0.29) is 19.8 Å². The Bertz CT molecular complexity index is 605. The summed E-state index contributed by atoms with van der Waals surface area (Å²) in [5.74, 6) is 0. The minimum atomic E-state index is -0.710. The van der Waals surface area contributed by atoms with Crippen molar-refractivity contribution in [1.29, 1.82) is 0 Å². The van der Waals surface area contributed by atoms with Gasteiger partial charge in [-0.3, -0.25) is 0 Å². The Balaban J connectivity index is 2.31. The molecule has 1 N–H and O–H groups in total. The van der Waals surface area contributed by atoms with Crippen LogP contribution in [0.15, 0.2) is 54.6 Å². The molecule has 3 heteroatoms. The zero-order valence-corrected chi connectivity index (χ0v) is 17.7. The summed E-state index contributed by atoms with van der Waals surface area (Å²) in [5.41, 5.74) is 0.531. The second-order valence-electron chi connectivity index (χ2n) is 6.35. The van der Waals surface area contributed by atoms with Gasteiger partial charge in [0.05, 0.1) is 0 Å². The van der Waals surface area contributed by atoms with Crippen LogP contribution in [-0.4, -0.2) is 40.6 Å². The molecule has 0 heterocycles. The Kier molecular flexibility index (Phi) is 6.95. The molecule has 0 aliphatic rings. The van der Waals surface area contributed by atoms with Crippen LogP contribution < -0.4 is 8.92 Å². The summed E-state index contributed by atoms with van der Waals surface area (Å²) >= 11 is 0.722. The average Bonchev–Trinajstić information content (AvgIpc) is 2.53. The molecule has 0 radical (unpaired) electrons. The fourth-order valence-electron chi connectivity index (χ4n) is 2.32. The molecular formula is C20H26OSe2. The van der Waals surface area contributed by atoms with E-state index in [2.05, 4.69) is 62.4 Å². The van der Waals surface area contributed by atoms with Crippen molar-refractivity contribution in [3.63, 3.8) is 0 Å². The zero-order valence-electron chi connectivity index (χ0n) is 14.3. The molecule has 0 saturated heterocycles. The molecule has 2 rings (SSSR count). The van der Waals surface area contributed by atoms with Crippen molar-refractivity contribution >= 4 is 38.8 Å². The normalized spacial score (nSPS) is 14.5. The van der Waals surface area contributed by atoms with Crippen LogP contribution in [0.3, 0.4) is 0 Å². The van der Waals surface area contributed by atoms with Crippen molar-refractivity contribution < 1.29 is 5.11 Å². The van der Waals surface area contributed by atoms with Crippen LogP contribution in [-0.2, 0) is 0 Å². The van der Waals surface area contributed by atoms with Crippen molar-refractivity contribution in [3.05, 3.63) is 60.2 Å². The van der Waals surface area contributed by atoms with E-state index in [1.807, 2.05) is 19.9 Å². The predicted molar refractivity (Wildman–Crippen MR) is 102 cm³/mol. The molecule has 2 aromatic rings. The minimum absolute atomic E-state index is 0.171. The van der Waals surface area contributed by atoms with Gasteiger partial charge in [0.1, 0.15) is 0 Å². The maximum atomic E-state index is 10.7. The van der Waals surface area contributed by atoms with Gasteiger partial charge in [-0.25, -0.2) is 0 Å². The molecule has 0 spiro atoms. The molecular weight excluding hydrogens is 414 g/mol. The van der Waals surface area contributed by atoms with Crippen molar-refractivity contribution in [3.8, 4) is 0 Å². The Morgan fingerprint density at radius 3 is 1.96 bits per heavy atom. The van der Waals surface area contributed by atoms with E-state index in [1.54, 1.807) is 0 Å². The van der Waals surface area contributed by atoms with Gasteiger partial charge in [0, 0.05) is 0 Å². The zero-order chi connectivity index (χ0) is 16.9. The Labute approximate surface area is 153 Å². The molecule has 23 heavy (non-hydrogen) atoms. The summed E-state index contributed by atoms with van der Waals surface area (Å²) < 4.78 is 2.97. The number of rotatable bonds is 7. The third kappa shape index (κ3) is 5.48. The van der Waals surface area contributed by atoms with Crippen molar-refractivity contribution in [2.24, 2.45) is 0 Å². The Morgan fingerprint density at radius 1 is 0.913 bits per heavy atom. The van der Waals surface area contributed by atoms with Crippen LogP contribution in [0.2, 0.25) is 4.82 Å². The quantitative estimate of drug-likeness (QED) is 0.657. The second kappa shape index (κ2) is 8.51. The summed E-state index contributed by atoms with van der Waals surface area (Å²) in [4.78, 5) is 0.932. The van der Waals surface area contributed by atoms with Gasteiger partial charge in [0.2, 0.25) is 0 Å². The van der Waals surface area contributed by atoms with Crippen LogP contribution in [0.25, 0.3) is 0 Å². The summed E-state index contributed by atoms with van der Waals surface area (Å²) in [6, 6.07) is 19.3. The molecule has 124 valence electrons. The van der Waals surface area contributed by atoms with Gasteiger partial charge >= 0.3 is 153 Å². The standard InChI is InChI=1S/C20H26OSe2/c1-5-15(2)22-17-13-9-10-14-18(17)23-19(20(3,4)21)16-11-7-6-8-12-16/h6-15,19,21H,5H2,1-4H3. The fraction of sp³-hybridized carbons (Fsp3) is 0.400. The average molecular weight is 440 g/mol. The molecule has 2 unspecified atom stereocenters. The first kappa shape index (κ1) is 18.8. The monoisotopic (exact) mass is 442 g/mol. The van der Waals surface area contributed by atoms with E-state index < -0.39 is 5.60 Å². The maximum absolute atomic E-state index is 10.7. The third-order valence-electron chi connectivity index (χ3n) is 3.74. The summed E-state index contributed by atoms with van der Waals surface area (Å²) in [6.45, 7) is 8.49. The molecule has 0 saturated carbocycles. The van der Waals surface area contributed by atoms with Gasteiger partial charge in [-0.05, 0) is 0 Å². The summed E-state index contributed by atoms with van der Waals surface area (Å²) in [5, 5.41) is 10.7. The van der Waals surface area contributed by atoms with Crippen LogP contribution in [0.1, 0.15) is 44.5 Å². The van der Waals surface area contributed by atoms with Crippen molar-refractivity contribution in [1.82, 2.24) is 0 Å². The summed E-state index contributed by atoms with van der Waals surface area (Å²) in [6.07, 6.45) is 1.23. The second-order valence-corrected chi connectivity index (χ2v) is 11.9. The number of aliphatic hydroxyl groups is 1. The fourth-order valence-corrected chi connectivity index (χ4v) is 7.81. The van der Waals surface area contributed by atoms with Gasteiger partial charge in [0.25, 0.3) is 0 Å². The molecule has 0 amide bonds. The Hall–Kier alpha value is -0.561. The molecule has 2 aromatic carbocycles. The molecule has 0 fully saturated rings. The van der Waals surface area contributed by atoms with E-state index in [0.29, 0.717) is 15.0 Å². The first-order valence-corrected chi connectivity index (χ1v) is 11.8. The van der Waals surface area contributed by atoms with Gasteiger partial charge in [-0.1, -0.05) is 0 Å². The topological polar surface area (TPSA) is 20.2 Å². The molecule has 0 aromatic heterocycles. The predicted octanol–water partition coefficient (Wildman–Crippen LogP) is 3.08. The van der Waals surface area contributed by atoms with Gasteiger partial charge in [-0.2, -0.15) is 0 Å². The third-order valence-corrected chi connectivity index (χ3v) is 10.8. The van der Waals surface area contributed by atoms with Gasteiger partial charge in [0.15, 0.2) is 0 Å². The number of hydrogen-bond acceptors (Lipinski definition) is 1. The van der Waals surface area contributed by atoms with Crippen LogP contribution in [0.5, 0.6) is 0 Å². The van der Waals surface area contributed by atoms with Gasteiger partial charge < -0.3 is 0 Å². The van der Waals surface area contributed by atoms with Crippen LogP contribution in [0.4, 0.5) is 0 Å². The molecule has 1 nitrogen and oxygen atoms in total. The van der Waals surface area contributed by atoms with E-state index in [9.17, 15) is 5.11 Å². The van der Waals surface area contributed by atoms with E-state index >= 15 is 0 Å². The number of benzene rings is 2. The van der Waals surface area contributed by atoms with Crippen LogP contribution in [0, 0.1) is 0 Å².